The van der Waals surface area contributed by atoms with Crippen molar-refractivity contribution in [3.05, 3.63) is 57.6 Å². The van der Waals surface area contributed by atoms with Crippen molar-refractivity contribution < 1.29 is 19.1 Å². The number of allylic oxidation sites excluding steroid dienone is 1. The van der Waals surface area contributed by atoms with Crippen LogP contribution < -0.4 is 14.2 Å². The number of ether oxygens (including phenoxy) is 3. The molecule has 3 rings (SSSR count). The van der Waals surface area contributed by atoms with Crippen LogP contribution in [0, 0.1) is 21.4 Å². The van der Waals surface area contributed by atoms with Crippen molar-refractivity contribution in [2.75, 3.05) is 13.9 Å². The predicted molar refractivity (Wildman–Crippen MR) is 85.7 cm³/mol. The minimum atomic E-state index is -0.498. The lowest BCUT2D eigenvalue weighted by Gasteiger charge is -2.06. The smallest absolute Gasteiger partial charge is 0.270 e. The number of nitriles is 1. The Balaban J connectivity index is 2.04. The van der Waals surface area contributed by atoms with Gasteiger partial charge in [0.1, 0.15) is 0 Å². The van der Waals surface area contributed by atoms with E-state index in [1.54, 1.807) is 30.3 Å². The van der Waals surface area contributed by atoms with Crippen LogP contribution in [0.2, 0.25) is 0 Å². The van der Waals surface area contributed by atoms with Crippen molar-refractivity contribution >= 4 is 17.3 Å². The largest absolute Gasteiger partial charge is 0.493 e. The SMILES string of the molecule is COc1cc(C=C(C#N)c2cccc([N+](=O)[O-])c2)cc2c1OCO2. The van der Waals surface area contributed by atoms with Gasteiger partial charge in [-0.1, -0.05) is 12.1 Å². The van der Waals surface area contributed by atoms with Gasteiger partial charge in [0.15, 0.2) is 11.5 Å². The molecular formula is C17H12N2O5. The van der Waals surface area contributed by atoms with E-state index in [9.17, 15) is 15.4 Å². The molecule has 2 aromatic carbocycles. The fourth-order valence-electron chi connectivity index (χ4n) is 2.37. The molecule has 0 aliphatic carbocycles. The van der Waals surface area contributed by atoms with Crippen LogP contribution in [0.25, 0.3) is 11.6 Å². The van der Waals surface area contributed by atoms with Gasteiger partial charge in [-0.25, -0.2) is 0 Å². The number of non-ortho nitro benzene ring substituents is 1. The van der Waals surface area contributed by atoms with Crippen LogP contribution in [0.5, 0.6) is 17.2 Å². The number of nitro benzene ring substituents is 1. The first-order chi connectivity index (χ1) is 11.6. The Labute approximate surface area is 137 Å². The molecule has 0 atom stereocenters. The number of fused-ring (bicyclic) bond motifs is 1. The zero-order valence-electron chi connectivity index (χ0n) is 12.7. The van der Waals surface area contributed by atoms with E-state index in [2.05, 4.69) is 6.07 Å². The molecule has 1 aliphatic rings. The lowest BCUT2D eigenvalue weighted by atomic mass is 10.0. The average Bonchev–Trinajstić information content (AvgIpc) is 3.07. The van der Waals surface area contributed by atoms with Crippen molar-refractivity contribution in [1.29, 1.82) is 5.26 Å². The van der Waals surface area contributed by atoms with Gasteiger partial charge in [0.05, 0.1) is 23.7 Å². The van der Waals surface area contributed by atoms with Crippen LogP contribution in [0.3, 0.4) is 0 Å². The molecule has 120 valence electrons. The van der Waals surface area contributed by atoms with E-state index in [1.165, 1.54) is 19.2 Å². The van der Waals surface area contributed by atoms with E-state index in [1.807, 2.05) is 0 Å². The van der Waals surface area contributed by atoms with Crippen LogP contribution in [0.4, 0.5) is 5.69 Å². The summed E-state index contributed by atoms with van der Waals surface area (Å²) in [4.78, 5) is 10.4. The van der Waals surface area contributed by atoms with Gasteiger partial charge in [-0.05, 0) is 29.3 Å². The number of methoxy groups -OCH3 is 1. The second-order valence-electron chi connectivity index (χ2n) is 4.93. The Morgan fingerprint density at radius 3 is 2.92 bits per heavy atom. The molecule has 1 aliphatic heterocycles. The Morgan fingerprint density at radius 1 is 1.38 bits per heavy atom. The molecule has 0 aromatic heterocycles. The quantitative estimate of drug-likeness (QED) is 0.370. The van der Waals surface area contributed by atoms with Gasteiger partial charge >= 0.3 is 0 Å². The number of benzene rings is 2. The van der Waals surface area contributed by atoms with Crippen molar-refractivity contribution in [2.24, 2.45) is 0 Å². The van der Waals surface area contributed by atoms with Crippen molar-refractivity contribution in [3.63, 3.8) is 0 Å². The fraction of sp³-hybridized carbons (Fsp3) is 0.118. The minimum Gasteiger partial charge on any atom is -0.493 e. The molecule has 1 heterocycles. The summed E-state index contributed by atoms with van der Waals surface area (Å²) in [5, 5.41) is 20.3. The standard InChI is InChI=1S/C17H12N2O5/c1-22-15-6-11(7-16-17(15)24-10-23-16)5-13(9-18)12-3-2-4-14(8-12)19(20)21/h2-8H,10H2,1H3. The first-order valence-corrected chi connectivity index (χ1v) is 6.96. The second kappa shape index (κ2) is 6.30. The van der Waals surface area contributed by atoms with E-state index < -0.39 is 4.92 Å². The van der Waals surface area contributed by atoms with Gasteiger partial charge in [-0.2, -0.15) is 5.26 Å². The third-order valence-corrected chi connectivity index (χ3v) is 3.48. The highest BCUT2D eigenvalue weighted by Gasteiger charge is 2.20. The fourth-order valence-corrected chi connectivity index (χ4v) is 2.37. The zero-order valence-corrected chi connectivity index (χ0v) is 12.7. The first-order valence-electron chi connectivity index (χ1n) is 6.96. The van der Waals surface area contributed by atoms with Gasteiger partial charge in [0.2, 0.25) is 12.5 Å². The lowest BCUT2D eigenvalue weighted by Crippen LogP contribution is -1.93. The monoisotopic (exact) mass is 324 g/mol. The van der Waals surface area contributed by atoms with Gasteiger partial charge in [-0.3, -0.25) is 10.1 Å². The Hall–Kier alpha value is -3.53. The van der Waals surface area contributed by atoms with Gasteiger partial charge in [0.25, 0.3) is 5.69 Å². The summed E-state index contributed by atoms with van der Waals surface area (Å²) in [5.41, 5.74) is 1.35. The molecule has 2 aromatic rings. The Kier molecular flexibility index (Phi) is 4.03. The zero-order chi connectivity index (χ0) is 17.1. The summed E-state index contributed by atoms with van der Waals surface area (Å²) in [7, 11) is 1.51. The molecule has 0 bridgehead atoms. The Bertz CT molecular complexity index is 883. The topological polar surface area (TPSA) is 94.6 Å². The molecule has 7 nitrogen and oxygen atoms in total. The average molecular weight is 324 g/mol. The van der Waals surface area contributed by atoms with Gasteiger partial charge < -0.3 is 14.2 Å². The maximum absolute atomic E-state index is 10.9. The van der Waals surface area contributed by atoms with E-state index in [0.717, 1.165) is 0 Å². The normalized spacial score (nSPS) is 12.6. The highest BCUT2D eigenvalue weighted by molar-refractivity contribution is 5.90. The summed E-state index contributed by atoms with van der Waals surface area (Å²) in [6.07, 6.45) is 1.61. The molecule has 0 spiro atoms. The second-order valence-corrected chi connectivity index (χ2v) is 4.93. The number of rotatable bonds is 4. The number of nitro groups is 1. The number of hydrogen-bond acceptors (Lipinski definition) is 6. The summed E-state index contributed by atoms with van der Waals surface area (Å²) < 4.78 is 15.9. The minimum absolute atomic E-state index is 0.0723. The van der Waals surface area contributed by atoms with Crippen LogP contribution in [-0.2, 0) is 0 Å². The summed E-state index contributed by atoms with van der Waals surface area (Å²) in [6.45, 7) is 0.106. The van der Waals surface area contributed by atoms with E-state index in [-0.39, 0.29) is 12.5 Å². The van der Waals surface area contributed by atoms with Crippen LogP contribution >= 0.6 is 0 Å². The molecule has 7 heteroatoms. The van der Waals surface area contributed by atoms with Crippen molar-refractivity contribution in [2.45, 2.75) is 0 Å². The van der Waals surface area contributed by atoms with Gasteiger partial charge in [0, 0.05) is 12.1 Å². The number of hydrogen-bond donors (Lipinski definition) is 0. The van der Waals surface area contributed by atoms with E-state index in [0.29, 0.717) is 33.9 Å². The van der Waals surface area contributed by atoms with Gasteiger partial charge in [-0.15, -0.1) is 0 Å². The highest BCUT2D eigenvalue weighted by Crippen LogP contribution is 2.42. The molecule has 0 fully saturated rings. The molecule has 0 saturated carbocycles. The summed E-state index contributed by atoms with van der Waals surface area (Å²) >= 11 is 0. The molecule has 0 N–H and O–H groups in total. The maximum Gasteiger partial charge on any atom is 0.270 e. The molecule has 0 saturated heterocycles. The third-order valence-electron chi connectivity index (χ3n) is 3.48. The highest BCUT2D eigenvalue weighted by atomic mass is 16.7. The third kappa shape index (κ3) is 2.85. The molecular weight excluding hydrogens is 312 g/mol. The predicted octanol–water partition coefficient (Wildman–Crippen LogP) is 3.40. The maximum atomic E-state index is 10.9. The van der Waals surface area contributed by atoms with E-state index in [4.69, 9.17) is 14.2 Å². The lowest BCUT2D eigenvalue weighted by molar-refractivity contribution is -0.384. The molecule has 0 unspecified atom stereocenters. The van der Waals surface area contributed by atoms with Crippen molar-refractivity contribution in [3.8, 4) is 23.3 Å². The number of nitrogens with zero attached hydrogens (tertiary/aromatic N) is 2. The molecule has 0 amide bonds. The van der Waals surface area contributed by atoms with E-state index >= 15 is 0 Å². The Morgan fingerprint density at radius 2 is 2.21 bits per heavy atom. The van der Waals surface area contributed by atoms with Crippen LogP contribution in [0.15, 0.2) is 36.4 Å². The molecule has 24 heavy (non-hydrogen) atoms. The van der Waals surface area contributed by atoms with Crippen molar-refractivity contribution in [1.82, 2.24) is 0 Å². The molecule has 0 radical (unpaired) electrons. The summed E-state index contributed by atoms with van der Waals surface area (Å²) in [6, 6.07) is 11.4. The van der Waals surface area contributed by atoms with Crippen LogP contribution in [-0.4, -0.2) is 18.8 Å². The van der Waals surface area contributed by atoms with Crippen LogP contribution in [0.1, 0.15) is 11.1 Å². The summed E-state index contributed by atoms with van der Waals surface area (Å²) in [5.74, 6) is 1.54. The first kappa shape index (κ1) is 15.4.